The van der Waals surface area contributed by atoms with Crippen LogP contribution in [0.5, 0.6) is 0 Å². The highest BCUT2D eigenvalue weighted by atomic mass is 17.1. The lowest BCUT2D eigenvalue weighted by molar-refractivity contribution is -0.427. The fourth-order valence-electron chi connectivity index (χ4n) is 8.07. The van der Waals surface area contributed by atoms with E-state index in [9.17, 15) is 20.1 Å². The van der Waals surface area contributed by atoms with E-state index in [1.807, 2.05) is 0 Å². The largest absolute Gasteiger partial charge is 0.300 e. The van der Waals surface area contributed by atoms with Gasteiger partial charge in [0.2, 0.25) is 0 Å². The van der Waals surface area contributed by atoms with Crippen LogP contribution in [-0.4, -0.2) is 33.8 Å². The maximum Gasteiger partial charge on any atom is 0.183 e. The molecule has 6 heteroatoms. The summed E-state index contributed by atoms with van der Waals surface area (Å²) in [6.45, 7) is 6.12. The van der Waals surface area contributed by atoms with Crippen molar-refractivity contribution in [2.75, 3.05) is 0 Å². The van der Waals surface area contributed by atoms with E-state index in [1.54, 1.807) is 6.92 Å². The van der Waals surface area contributed by atoms with Crippen LogP contribution in [0.4, 0.5) is 0 Å². The van der Waals surface area contributed by atoms with E-state index in [-0.39, 0.29) is 23.0 Å². The van der Waals surface area contributed by atoms with Crippen LogP contribution in [0, 0.1) is 34.5 Å². The Kier molecular flexibility index (Phi) is 4.58. The molecule has 2 N–H and O–H groups in total. The molecule has 4 saturated carbocycles. The fourth-order valence-corrected chi connectivity index (χ4v) is 8.07. The number of ketones is 2. The molecule has 27 heavy (non-hydrogen) atoms. The third-order valence-electron chi connectivity index (χ3n) is 9.44. The van der Waals surface area contributed by atoms with Crippen LogP contribution in [0.25, 0.3) is 0 Å². The SMILES string of the molecule is CC(=O)[C@H]1CC[C@H]2[C@@H]3CCC4(OO)C(OO)C(=O)CC[C@]4(C)[C@H]3CC[C@]12C. The maximum absolute atomic E-state index is 12.4. The van der Waals surface area contributed by atoms with E-state index in [1.165, 1.54) is 0 Å². The Morgan fingerprint density at radius 3 is 2.41 bits per heavy atom. The molecule has 152 valence electrons. The highest BCUT2D eigenvalue weighted by Crippen LogP contribution is 2.68. The summed E-state index contributed by atoms with van der Waals surface area (Å²) in [5.41, 5.74) is -1.58. The summed E-state index contributed by atoms with van der Waals surface area (Å²) in [5.74, 6) is 1.48. The van der Waals surface area contributed by atoms with Crippen LogP contribution in [-0.2, 0) is 19.4 Å². The summed E-state index contributed by atoms with van der Waals surface area (Å²) in [6, 6.07) is 0. The molecule has 4 fully saturated rings. The number of carbonyl (C=O) groups is 2. The lowest BCUT2D eigenvalue weighted by Gasteiger charge is -2.64. The van der Waals surface area contributed by atoms with Gasteiger partial charge in [0.15, 0.2) is 11.9 Å². The number of hydrogen-bond donors (Lipinski definition) is 2. The molecule has 4 aliphatic carbocycles. The Morgan fingerprint density at radius 1 is 1.04 bits per heavy atom. The zero-order chi connectivity index (χ0) is 19.6. The van der Waals surface area contributed by atoms with E-state index >= 15 is 0 Å². The van der Waals surface area contributed by atoms with Crippen molar-refractivity contribution < 1.29 is 29.9 Å². The minimum absolute atomic E-state index is 0.0563. The predicted octanol–water partition coefficient (Wildman–Crippen LogP) is 3.88. The van der Waals surface area contributed by atoms with E-state index in [4.69, 9.17) is 4.89 Å². The predicted molar refractivity (Wildman–Crippen MR) is 96.7 cm³/mol. The van der Waals surface area contributed by atoms with Crippen molar-refractivity contribution in [2.24, 2.45) is 34.5 Å². The van der Waals surface area contributed by atoms with Crippen molar-refractivity contribution in [3.05, 3.63) is 0 Å². The van der Waals surface area contributed by atoms with E-state index < -0.39 is 17.1 Å². The molecule has 0 aromatic carbocycles. The minimum atomic E-state index is -1.19. The van der Waals surface area contributed by atoms with Crippen molar-refractivity contribution in [3.63, 3.8) is 0 Å². The molecule has 8 atom stereocenters. The third kappa shape index (κ3) is 2.33. The van der Waals surface area contributed by atoms with Crippen LogP contribution in [0.1, 0.15) is 72.1 Å². The first-order chi connectivity index (χ1) is 12.7. The topological polar surface area (TPSA) is 93.1 Å². The molecule has 0 aromatic rings. The number of Topliss-reactive ketones (excluding diaryl/α,β-unsaturated/α-hetero) is 2. The number of fused-ring (bicyclic) bond motifs is 5. The smallest absolute Gasteiger partial charge is 0.183 e. The van der Waals surface area contributed by atoms with Gasteiger partial charge in [-0.15, -0.1) is 0 Å². The van der Waals surface area contributed by atoms with Crippen LogP contribution >= 0.6 is 0 Å². The monoisotopic (exact) mass is 380 g/mol. The van der Waals surface area contributed by atoms with Gasteiger partial charge in [-0.1, -0.05) is 13.8 Å². The molecule has 0 aliphatic heterocycles. The first-order valence-electron chi connectivity index (χ1n) is 10.4. The molecule has 6 nitrogen and oxygen atoms in total. The van der Waals surface area contributed by atoms with Gasteiger partial charge in [0.1, 0.15) is 11.4 Å². The molecule has 4 aliphatic rings. The first-order valence-corrected chi connectivity index (χ1v) is 10.4. The highest BCUT2D eigenvalue weighted by molar-refractivity contribution is 5.86. The third-order valence-corrected chi connectivity index (χ3v) is 9.44. The second-order valence-corrected chi connectivity index (χ2v) is 10.1. The molecule has 0 heterocycles. The van der Waals surface area contributed by atoms with Gasteiger partial charge in [0.05, 0.1) is 0 Å². The Hall–Kier alpha value is -0.820. The van der Waals surface area contributed by atoms with Crippen LogP contribution in [0.15, 0.2) is 0 Å². The minimum Gasteiger partial charge on any atom is -0.300 e. The van der Waals surface area contributed by atoms with Gasteiger partial charge in [0, 0.05) is 17.8 Å². The van der Waals surface area contributed by atoms with Gasteiger partial charge >= 0.3 is 0 Å². The lowest BCUT2D eigenvalue weighted by Crippen LogP contribution is -2.69. The van der Waals surface area contributed by atoms with E-state index in [0.29, 0.717) is 36.9 Å². The van der Waals surface area contributed by atoms with Crippen LogP contribution in [0.2, 0.25) is 0 Å². The molecule has 0 bridgehead atoms. The summed E-state index contributed by atoms with van der Waals surface area (Å²) in [7, 11) is 0. The van der Waals surface area contributed by atoms with Crippen molar-refractivity contribution in [2.45, 2.75) is 83.8 Å². The van der Waals surface area contributed by atoms with Gasteiger partial charge in [-0.05, 0) is 75.0 Å². The molecule has 0 aromatic heterocycles. The average Bonchev–Trinajstić information content (AvgIpc) is 2.99. The Labute approximate surface area is 160 Å². The van der Waals surface area contributed by atoms with Crippen LogP contribution in [0.3, 0.4) is 0 Å². The molecular weight excluding hydrogens is 348 g/mol. The van der Waals surface area contributed by atoms with Gasteiger partial charge in [-0.3, -0.25) is 20.1 Å². The summed E-state index contributed by atoms with van der Waals surface area (Å²) in [5, 5.41) is 19.4. The summed E-state index contributed by atoms with van der Waals surface area (Å²) in [4.78, 5) is 34.3. The zero-order valence-corrected chi connectivity index (χ0v) is 16.6. The average molecular weight is 380 g/mol. The van der Waals surface area contributed by atoms with Crippen molar-refractivity contribution in [1.29, 1.82) is 0 Å². The maximum atomic E-state index is 12.4. The van der Waals surface area contributed by atoms with Gasteiger partial charge in [-0.2, -0.15) is 0 Å². The normalized spacial score (nSPS) is 52.0. The Morgan fingerprint density at radius 2 is 1.78 bits per heavy atom. The Bertz CT molecular complexity index is 649. The number of rotatable bonds is 3. The Balaban J connectivity index is 1.71. The van der Waals surface area contributed by atoms with Crippen molar-refractivity contribution >= 4 is 11.6 Å². The molecular formula is C21H32O6. The molecule has 4 rings (SSSR count). The van der Waals surface area contributed by atoms with Crippen molar-refractivity contribution in [3.8, 4) is 0 Å². The van der Waals surface area contributed by atoms with Gasteiger partial charge < -0.3 is 0 Å². The second kappa shape index (κ2) is 6.34. The summed E-state index contributed by atoms with van der Waals surface area (Å²) >= 11 is 0. The standard InChI is InChI=1S/C21H32O6/c1-12(22)14-4-5-15-13-6-11-21(27-25)18(26-24)17(23)8-10-20(21,3)16(13)7-9-19(14,15)2/h13-16,18,24-25H,4-11H2,1-3H3/t13-,14+,15-,16-,18?,19+,20+,21?/m0/s1. The number of carbonyl (C=O) groups excluding carboxylic acids is 2. The number of hydrogen-bond acceptors (Lipinski definition) is 6. The molecule has 0 radical (unpaired) electrons. The van der Waals surface area contributed by atoms with Crippen LogP contribution < -0.4 is 0 Å². The van der Waals surface area contributed by atoms with Crippen molar-refractivity contribution in [1.82, 2.24) is 0 Å². The lowest BCUT2D eigenvalue weighted by atomic mass is 9.42. The van der Waals surface area contributed by atoms with E-state index in [2.05, 4.69) is 18.7 Å². The summed E-state index contributed by atoms with van der Waals surface area (Å²) in [6.07, 6.45) is 5.11. The van der Waals surface area contributed by atoms with Gasteiger partial charge in [-0.25, -0.2) is 9.78 Å². The molecule has 0 saturated heterocycles. The van der Waals surface area contributed by atoms with E-state index in [0.717, 1.165) is 32.1 Å². The summed E-state index contributed by atoms with van der Waals surface area (Å²) < 4.78 is 0. The second-order valence-electron chi connectivity index (χ2n) is 10.1. The fraction of sp³-hybridized carbons (Fsp3) is 0.905. The molecule has 0 spiro atoms. The zero-order valence-electron chi connectivity index (χ0n) is 16.6. The molecule has 0 amide bonds. The quantitative estimate of drug-likeness (QED) is 0.570. The molecule has 2 unspecified atom stereocenters. The first kappa shape index (κ1) is 19.5. The highest BCUT2D eigenvalue weighted by Gasteiger charge is 2.70. The van der Waals surface area contributed by atoms with Gasteiger partial charge in [0.25, 0.3) is 0 Å².